The number of methoxy groups -OCH3 is 1. The number of pyridine rings is 1. The molecule has 0 aliphatic heterocycles. The molecule has 7 heteroatoms. The Bertz CT molecular complexity index is 483. The van der Waals surface area contributed by atoms with Crippen LogP contribution in [0.25, 0.3) is 0 Å². The number of esters is 1. The number of carbonyl (C=O) groups is 1. The smallest absolute Gasteiger partial charge is 0.310 e. The molecule has 0 fully saturated rings. The SMILES string of the molecule is COC(=O)Cc1c(F)ncc(C#N)c1C(F)F. The summed E-state index contributed by atoms with van der Waals surface area (Å²) < 4.78 is 42.9. The Kier molecular flexibility index (Phi) is 4.04. The van der Waals surface area contributed by atoms with E-state index < -0.39 is 41.5 Å². The predicted octanol–water partition coefficient (Wildman–Crippen LogP) is 1.75. The van der Waals surface area contributed by atoms with E-state index in [9.17, 15) is 18.0 Å². The summed E-state index contributed by atoms with van der Waals surface area (Å²) in [5, 5.41) is 8.61. The van der Waals surface area contributed by atoms with Crippen LogP contribution in [0.5, 0.6) is 0 Å². The van der Waals surface area contributed by atoms with Gasteiger partial charge in [0.2, 0.25) is 5.95 Å². The second kappa shape index (κ2) is 5.30. The molecule has 0 radical (unpaired) electrons. The molecule has 0 bridgehead atoms. The molecule has 0 aliphatic rings. The lowest BCUT2D eigenvalue weighted by molar-refractivity contribution is -0.139. The molecule has 0 aromatic carbocycles. The van der Waals surface area contributed by atoms with Crippen LogP contribution >= 0.6 is 0 Å². The van der Waals surface area contributed by atoms with Crippen LogP contribution in [0.1, 0.15) is 23.1 Å². The van der Waals surface area contributed by atoms with Gasteiger partial charge in [0.15, 0.2) is 0 Å². The van der Waals surface area contributed by atoms with E-state index in [0.29, 0.717) is 6.20 Å². The van der Waals surface area contributed by atoms with E-state index in [2.05, 4.69) is 9.72 Å². The monoisotopic (exact) mass is 244 g/mol. The zero-order valence-electron chi connectivity index (χ0n) is 8.71. The molecule has 0 saturated heterocycles. The van der Waals surface area contributed by atoms with Crippen LogP contribution in [0, 0.1) is 17.3 Å². The summed E-state index contributed by atoms with van der Waals surface area (Å²) in [5.41, 5.74) is -1.88. The molecule has 4 nitrogen and oxygen atoms in total. The van der Waals surface area contributed by atoms with Crippen LogP contribution in [0.2, 0.25) is 0 Å². The lowest BCUT2D eigenvalue weighted by Gasteiger charge is -2.09. The minimum Gasteiger partial charge on any atom is -0.469 e. The zero-order valence-corrected chi connectivity index (χ0v) is 8.71. The molecule has 1 heterocycles. The highest BCUT2D eigenvalue weighted by molar-refractivity contribution is 5.73. The number of nitrogens with zero attached hydrogens (tertiary/aromatic N) is 2. The highest BCUT2D eigenvalue weighted by Gasteiger charge is 2.24. The van der Waals surface area contributed by atoms with Gasteiger partial charge in [0.1, 0.15) is 6.07 Å². The molecule has 0 aliphatic carbocycles. The summed E-state index contributed by atoms with van der Waals surface area (Å²) in [7, 11) is 1.05. The van der Waals surface area contributed by atoms with Gasteiger partial charge in [-0.3, -0.25) is 4.79 Å². The van der Waals surface area contributed by atoms with Gasteiger partial charge in [0.25, 0.3) is 6.43 Å². The quantitative estimate of drug-likeness (QED) is 0.600. The Morgan fingerprint density at radius 3 is 2.76 bits per heavy atom. The first-order valence-corrected chi connectivity index (χ1v) is 4.43. The number of aromatic nitrogens is 1. The van der Waals surface area contributed by atoms with Gasteiger partial charge in [0.05, 0.1) is 19.1 Å². The van der Waals surface area contributed by atoms with Gasteiger partial charge in [-0.1, -0.05) is 0 Å². The van der Waals surface area contributed by atoms with Crippen LogP contribution in [0.3, 0.4) is 0 Å². The fourth-order valence-corrected chi connectivity index (χ4v) is 1.27. The normalized spacial score (nSPS) is 10.1. The van der Waals surface area contributed by atoms with Crippen LogP contribution in [0.15, 0.2) is 6.20 Å². The summed E-state index contributed by atoms with van der Waals surface area (Å²) in [6, 6.07) is 1.47. The molecule has 1 aromatic heterocycles. The van der Waals surface area contributed by atoms with E-state index >= 15 is 0 Å². The predicted molar refractivity (Wildman–Crippen MR) is 49.6 cm³/mol. The number of ether oxygens (including phenoxy) is 1. The van der Waals surface area contributed by atoms with Gasteiger partial charge >= 0.3 is 5.97 Å². The van der Waals surface area contributed by atoms with Gasteiger partial charge in [-0.15, -0.1) is 0 Å². The second-order valence-electron chi connectivity index (χ2n) is 3.02. The molecule has 0 N–H and O–H groups in total. The number of alkyl halides is 2. The minimum atomic E-state index is -3.07. The van der Waals surface area contributed by atoms with E-state index in [1.807, 2.05) is 0 Å². The Morgan fingerprint density at radius 2 is 2.29 bits per heavy atom. The van der Waals surface area contributed by atoms with Crippen molar-refractivity contribution in [3.05, 3.63) is 28.8 Å². The maximum Gasteiger partial charge on any atom is 0.310 e. The van der Waals surface area contributed by atoms with E-state index in [0.717, 1.165) is 7.11 Å². The Hall–Kier alpha value is -2.10. The summed E-state index contributed by atoms with van der Waals surface area (Å²) in [4.78, 5) is 14.1. The van der Waals surface area contributed by atoms with Gasteiger partial charge in [-0.05, 0) is 0 Å². The van der Waals surface area contributed by atoms with E-state index in [1.54, 1.807) is 0 Å². The van der Waals surface area contributed by atoms with Crippen LogP contribution in [0.4, 0.5) is 13.2 Å². The lowest BCUT2D eigenvalue weighted by atomic mass is 10.0. The first-order valence-electron chi connectivity index (χ1n) is 4.43. The van der Waals surface area contributed by atoms with Crippen molar-refractivity contribution < 1.29 is 22.7 Å². The maximum atomic E-state index is 13.3. The van der Waals surface area contributed by atoms with Crippen molar-refractivity contribution >= 4 is 5.97 Å². The number of halogens is 3. The molecule has 90 valence electrons. The fraction of sp³-hybridized carbons (Fsp3) is 0.300. The van der Waals surface area contributed by atoms with Gasteiger partial charge < -0.3 is 4.74 Å². The molecular weight excluding hydrogens is 237 g/mol. The van der Waals surface area contributed by atoms with Crippen molar-refractivity contribution in [3.63, 3.8) is 0 Å². The largest absolute Gasteiger partial charge is 0.469 e. The van der Waals surface area contributed by atoms with Gasteiger partial charge in [-0.2, -0.15) is 9.65 Å². The summed E-state index contributed by atoms with van der Waals surface area (Å²) in [6.07, 6.45) is -3.05. The number of nitriles is 1. The highest BCUT2D eigenvalue weighted by Crippen LogP contribution is 2.27. The average Bonchev–Trinajstić information content (AvgIpc) is 2.30. The minimum absolute atomic E-state index is 0.458. The number of carbonyl (C=O) groups excluding carboxylic acids is 1. The summed E-state index contributed by atoms with van der Waals surface area (Å²) >= 11 is 0. The van der Waals surface area contributed by atoms with Crippen LogP contribution in [-0.2, 0) is 16.0 Å². The third-order valence-corrected chi connectivity index (χ3v) is 2.06. The second-order valence-corrected chi connectivity index (χ2v) is 3.02. The fourth-order valence-electron chi connectivity index (χ4n) is 1.27. The van der Waals surface area contributed by atoms with Crippen molar-refractivity contribution in [2.75, 3.05) is 7.11 Å². The molecule has 0 saturated carbocycles. The third kappa shape index (κ3) is 2.72. The molecule has 0 spiro atoms. The van der Waals surface area contributed by atoms with Crippen molar-refractivity contribution in [2.45, 2.75) is 12.8 Å². The van der Waals surface area contributed by atoms with Crippen molar-refractivity contribution in [2.24, 2.45) is 0 Å². The Labute approximate surface area is 94.6 Å². The standard InChI is InChI=1S/C10H7F3N2O2/c1-17-7(16)2-6-8(9(11)12)5(3-14)4-15-10(6)13/h4,9H,2H2,1H3. The first-order chi connectivity index (χ1) is 8.01. The van der Waals surface area contributed by atoms with Crippen molar-refractivity contribution in [1.29, 1.82) is 5.26 Å². The zero-order chi connectivity index (χ0) is 13.0. The van der Waals surface area contributed by atoms with Gasteiger partial charge in [-0.25, -0.2) is 13.8 Å². The topological polar surface area (TPSA) is 63.0 Å². The van der Waals surface area contributed by atoms with E-state index in [-0.39, 0.29) is 0 Å². The molecule has 1 rings (SSSR count). The molecular formula is C10H7F3N2O2. The summed E-state index contributed by atoms with van der Waals surface area (Å²) in [6.45, 7) is 0. The van der Waals surface area contributed by atoms with Crippen LogP contribution in [-0.4, -0.2) is 18.1 Å². The summed E-state index contributed by atoms with van der Waals surface area (Å²) in [5.74, 6) is -2.09. The maximum absolute atomic E-state index is 13.3. The van der Waals surface area contributed by atoms with Crippen LogP contribution < -0.4 is 0 Å². The third-order valence-electron chi connectivity index (χ3n) is 2.06. The van der Waals surface area contributed by atoms with Crippen molar-refractivity contribution in [1.82, 2.24) is 4.98 Å². The first kappa shape index (κ1) is 13.0. The molecule has 0 unspecified atom stereocenters. The molecule has 0 amide bonds. The molecule has 17 heavy (non-hydrogen) atoms. The van der Waals surface area contributed by atoms with E-state index in [1.165, 1.54) is 6.07 Å². The average molecular weight is 244 g/mol. The molecule has 0 atom stereocenters. The number of hydrogen-bond donors (Lipinski definition) is 0. The number of hydrogen-bond acceptors (Lipinski definition) is 4. The highest BCUT2D eigenvalue weighted by atomic mass is 19.3. The van der Waals surface area contributed by atoms with Crippen molar-refractivity contribution in [3.8, 4) is 6.07 Å². The number of rotatable bonds is 3. The Balaban J connectivity index is 3.35. The van der Waals surface area contributed by atoms with E-state index in [4.69, 9.17) is 5.26 Å². The Morgan fingerprint density at radius 1 is 1.65 bits per heavy atom. The van der Waals surface area contributed by atoms with Gasteiger partial charge in [0, 0.05) is 17.3 Å². The lowest BCUT2D eigenvalue weighted by Crippen LogP contribution is -2.12. The molecule has 1 aromatic rings.